The average molecular weight is 233 g/mol. The summed E-state index contributed by atoms with van der Waals surface area (Å²) in [5, 5.41) is 0. The molecular weight excluding hydrogens is 210 g/mol. The van der Waals surface area contributed by atoms with Crippen LogP contribution in [-0.2, 0) is 19.4 Å². The predicted octanol–water partition coefficient (Wildman–Crippen LogP) is 2.10. The summed E-state index contributed by atoms with van der Waals surface area (Å²) < 4.78 is 2.38. The molecule has 17 heavy (non-hydrogen) atoms. The van der Waals surface area contributed by atoms with Gasteiger partial charge in [0.05, 0.1) is 5.69 Å². The Morgan fingerprint density at radius 2 is 2.29 bits per heavy atom. The van der Waals surface area contributed by atoms with E-state index in [0.717, 1.165) is 5.92 Å². The van der Waals surface area contributed by atoms with Gasteiger partial charge in [-0.1, -0.05) is 6.92 Å². The number of likely N-dealkylation sites (tertiary alicyclic amines) is 1. The molecule has 2 aliphatic heterocycles. The topological polar surface area (TPSA) is 21.1 Å². The molecule has 3 rings (SSSR count). The van der Waals surface area contributed by atoms with Gasteiger partial charge >= 0.3 is 0 Å². The summed E-state index contributed by atoms with van der Waals surface area (Å²) in [6.45, 7) is 7.22. The molecule has 3 heterocycles. The Labute approximate surface area is 104 Å². The van der Waals surface area contributed by atoms with E-state index in [1.54, 1.807) is 0 Å². The summed E-state index contributed by atoms with van der Waals surface area (Å²) >= 11 is 0. The van der Waals surface area contributed by atoms with Crippen LogP contribution in [0.2, 0.25) is 0 Å². The van der Waals surface area contributed by atoms with E-state index < -0.39 is 0 Å². The van der Waals surface area contributed by atoms with Gasteiger partial charge in [0.15, 0.2) is 0 Å². The lowest BCUT2D eigenvalue weighted by molar-refractivity contribution is 0.341. The van der Waals surface area contributed by atoms with E-state index in [1.165, 1.54) is 69.8 Å². The number of hydrogen-bond donors (Lipinski definition) is 0. The summed E-state index contributed by atoms with van der Waals surface area (Å²) in [5.74, 6) is 2.17. The normalized spacial score (nSPS) is 25.1. The highest BCUT2D eigenvalue weighted by atomic mass is 15.1. The fourth-order valence-electron chi connectivity index (χ4n) is 3.23. The Hall–Kier alpha value is -0.830. The summed E-state index contributed by atoms with van der Waals surface area (Å²) in [5.41, 5.74) is 1.34. The van der Waals surface area contributed by atoms with Crippen molar-refractivity contribution in [2.75, 3.05) is 19.6 Å². The third kappa shape index (κ3) is 2.39. The van der Waals surface area contributed by atoms with E-state index in [9.17, 15) is 0 Å². The number of aromatic nitrogens is 2. The molecule has 0 aromatic carbocycles. The van der Waals surface area contributed by atoms with Crippen molar-refractivity contribution < 1.29 is 0 Å². The number of fused-ring (bicyclic) bond motifs is 1. The zero-order chi connectivity index (χ0) is 11.7. The Morgan fingerprint density at radius 1 is 1.35 bits per heavy atom. The number of rotatable bonds is 3. The first-order valence-corrected chi connectivity index (χ1v) is 7.12. The maximum atomic E-state index is 4.81. The van der Waals surface area contributed by atoms with Crippen LogP contribution in [-0.4, -0.2) is 34.1 Å². The maximum Gasteiger partial charge on any atom is 0.108 e. The van der Waals surface area contributed by atoms with Gasteiger partial charge < -0.3 is 9.47 Å². The number of hydrogen-bond acceptors (Lipinski definition) is 2. The molecule has 0 radical (unpaired) electrons. The second-order valence-corrected chi connectivity index (χ2v) is 5.55. The fraction of sp³-hybridized carbons (Fsp3) is 0.786. The molecule has 1 aromatic heterocycles. The molecule has 1 saturated heterocycles. The third-order valence-corrected chi connectivity index (χ3v) is 4.27. The van der Waals surface area contributed by atoms with Crippen LogP contribution < -0.4 is 0 Å². The van der Waals surface area contributed by atoms with Gasteiger partial charge in [0, 0.05) is 25.7 Å². The highest BCUT2D eigenvalue weighted by Crippen LogP contribution is 2.22. The molecule has 0 amide bonds. The van der Waals surface area contributed by atoms with Crippen molar-refractivity contribution in [3.05, 3.63) is 17.7 Å². The Morgan fingerprint density at radius 3 is 3.06 bits per heavy atom. The molecule has 0 bridgehead atoms. The van der Waals surface area contributed by atoms with Crippen LogP contribution in [0.4, 0.5) is 0 Å². The lowest BCUT2D eigenvalue weighted by Crippen LogP contribution is -2.20. The van der Waals surface area contributed by atoms with Gasteiger partial charge in [0.25, 0.3) is 0 Å². The monoisotopic (exact) mass is 233 g/mol. The summed E-state index contributed by atoms with van der Waals surface area (Å²) in [4.78, 5) is 7.37. The minimum atomic E-state index is 0.840. The first kappa shape index (κ1) is 11.3. The van der Waals surface area contributed by atoms with Crippen LogP contribution in [0.15, 0.2) is 6.20 Å². The molecular formula is C14H23N3. The van der Waals surface area contributed by atoms with Gasteiger partial charge in [-0.05, 0) is 44.7 Å². The SMILES string of the molecule is CCN1CCC(Cc2cn3c(n2)CCCC3)C1. The zero-order valence-corrected chi connectivity index (χ0v) is 10.9. The molecule has 94 valence electrons. The van der Waals surface area contributed by atoms with E-state index in [0.29, 0.717) is 0 Å². The predicted molar refractivity (Wildman–Crippen MR) is 69.1 cm³/mol. The molecule has 3 nitrogen and oxygen atoms in total. The van der Waals surface area contributed by atoms with Gasteiger partial charge in [0.1, 0.15) is 5.82 Å². The Kier molecular flexibility index (Phi) is 3.19. The van der Waals surface area contributed by atoms with Gasteiger partial charge in [-0.2, -0.15) is 0 Å². The van der Waals surface area contributed by atoms with Crippen LogP contribution in [0.3, 0.4) is 0 Å². The molecule has 2 aliphatic rings. The number of imidazole rings is 1. The van der Waals surface area contributed by atoms with Crippen LogP contribution in [0.5, 0.6) is 0 Å². The van der Waals surface area contributed by atoms with Gasteiger partial charge in [0.2, 0.25) is 0 Å². The quantitative estimate of drug-likeness (QED) is 0.797. The van der Waals surface area contributed by atoms with Crippen LogP contribution in [0, 0.1) is 5.92 Å². The van der Waals surface area contributed by atoms with Crippen molar-refractivity contribution in [1.29, 1.82) is 0 Å². The molecule has 1 atom stereocenters. The molecule has 0 saturated carbocycles. The lowest BCUT2D eigenvalue weighted by Gasteiger charge is -2.12. The summed E-state index contributed by atoms with van der Waals surface area (Å²) in [7, 11) is 0. The van der Waals surface area contributed by atoms with Crippen molar-refractivity contribution in [3.8, 4) is 0 Å². The van der Waals surface area contributed by atoms with E-state index >= 15 is 0 Å². The fourth-order valence-corrected chi connectivity index (χ4v) is 3.23. The zero-order valence-electron chi connectivity index (χ0n) is 10.9. The highest BCUT2D eigenvalue weighted by molar-refractivity contribution is 5.07. The molecule has 1 fully saturated rings. The van der Waals surface area contributed by atoms with Crippen LogP contribution in [0.25, 0.3) is 0 Å². The van der Waals surface area contributed by atoms with E-state index in [-0.39, 0.29) is 0 Å². The smallest absolute Gasteiger partial charge is 0.108 e. The molecule has 1 aromatic rings. The number of aryl methyl sites for hydroxylation is 2. The molecule has 1 unspecified atom stereocenters. The second-order valence-electron chi connectivity index (χ2n) is 5.55. The van der Waals surface area contributed by atoms with Crippen molar-refractivity contribution in [2.24, 2.45) is 5.92 Å². The van der Waals surface area contributed by atoms with E-state index in [4.69, 9.17) is 4.98 Å². The minimum Gasteiger partial charge on any atom is -0.335 e. The standard InChI is InChI=1S/C14H23N3/c1-2-16-8-6-12(10-16)9-13-11-17-7-4-3-5-14(17)15-13/h11-12H,2-10H2,1H3. The first-order valence-electron chi connectivity index (χ1n) is 7.12. The van der Waals surface area contributed by atoms with E-state index in [2.05, 4.69) is 22.6 Å². The highest BCUT2D eigenvalue weighted by Gasteiger charge is 2.23. The van der Waals surface area contributed by atoms with Crippen molar-refractivity contribution in [2.45, 2.75) is 45.6 Å². The molecule has 0 N–H and O–H groups in total. The first-order chi connectivity index (χ1) is 8.35. The molecule has 3 heteroatoms. The van der Waals surface area contributed by atoms with Gasteiger partial charge in [-0.15, -0.1) is 0 Å². The summed E-state index contributed by atoms with van der Waals surface area (Å²) in [6.07, 6.45) is 8.70. The van der Waals surface area contributed by atoms with Crippen molar-refractivity contribution in [1.82, 2.24) is 14.5 Å². The number of nitrogens with zero attached hydrogens (tertiary/aromatic N) is 3. The minimum absolute atomic E-state index is 0.840. The van der Waals surface area contributed by atoms with E-state index in [1.807, 2.05) is 0 Å². The largest absolute Gasteiger partial charge is 0.335 e. The Balaban J connectivity index is 1.63. The van der Waals surface area contributed by atoms with Crippen LogP contribution in [0.1, 0.15) is 37.7 Å². The average Bonchev–Trinajstić information content (AvgIpc) is 2.94. The van der Waals surface area contributed by atoms with Crippen molar-refractivity contribution in [3.63, 3.8) is 0 Å². The Bertz CT molecular complexity index is 359. The van der Waals surface area contributed by atoms with Gasteiger partial charge in [-0.3, -0.25) is 0 Å². The summed E-state index contributed by atoms with van der Waals surface area (Å²) in [6, 6.07) is 0. The maximum absolute atomic E-state index is 4.81. The molecule has 0 spiro atoms. The molecule has 0 aliphatic carbocycles. The van der Waals surface area contributed by atoms with Gasteiger partial charge in [-0.25, -0.2) is 4.98 Å². The third-order valence-electron chi connectivity index (χ3n) is 4.27. The second kappa shape index (κ2) is 4.81. The van der Waals surface area contributed by atoms with Crippen LogP contribution >= 0.6 is 0 Å². The van der Waals surface area contributed by atoms with Crippen molar-refractivity contribution >= 4 is 0 Å². The lowest BCUT2D eigenvalue weighted by atomic mass is 10.0.